The third kappa shape index (κ3) is 2.87. The SMILES string of the molecule is O=C(O)CCC(=O)N[C@@H]1CCCc2occc21. The highest BCUT2D eigenvalue weighted by Crippen LogP contribution is 2.30. The van der Waals surface area contributed by atoms with Crippen LogP contribution in [0.5, 0.6) is 0 Å². The van der Waals surface area contributed by atoms with E-state index in [1.807, 2.05) is 6.07 Å². The van der Waals surface area contributed by atoms with E-state index in [4.69, 9.17) is 9.52 Å². The number of furan rings is 1. The van der Waals surface area contributed by atoms with Crippen LogP contribution in [-0.4, -0.2) is 17.0 Å². The molecule has 1 aromatic rings. The third-order valence-electron chi connectivity index (χ3n) is 2.95. The maximum absolute atomic E-state index is 11.5. The highest BCUT2D eigenvalue weighted by atomic mass is 16.4. The van der Waals surface area contributed by atoms with Crippen molar-refractivity contribution in [2.24, 2.45) is 0 Å². The summed E-state index contributed by atoms with van der Waals surface area (Å²) in [4.78, 5) is 21.9. The van der Waals surface area contributed by atoms with Gasteiger partial charge >= 0.3 is 5.97 Å². The van der Waals surface area contributed by atoms with Crippen LogP contribution in [0.15, 0.2) is 16.7 Å². The highest BCUT2D eigenvalue weighted by molar-refractivity contribution is 5.80. The van der Waals surface area contributed by atoms with Gasteiger partial charge in [-0.1, -0.05) is 0 Å². The van der Waals surface area contributed by atoms with Crippen LogP contribution in [0.25, 0.3) is 0 Å². The molecule has 0 unspecified atom stereocenters. The molecule has 17 heavy (non-hydrogen) atoms. The van der Waals surface area contributed by atoms with Crippen LogP contribution in [0, 0.1) is 0 Å². The fourth-order valence-electron chi connectivity index (χ4n) is 2.12. The van der Waals surface area contributed by atoms with E-state index < -0.39 is 5.97 Å². The number of carboxylic acids is 1. The number of carbonyl (C=O) groups is 2. The zero-order valence-electron chi connectivity index (χ0n) is 9.44. The minimum absolute atomic E-state index is 0.0268. The van der Waals surface area contributed by atoms with Gasteiger partial charge in [0.2, 0.25) is 5.91 Å². The molecule has 0 radical (unpaired) electrons. The minimum atomic E-state index is -0.951. The minimum Gasteiger partial charge on any atom is -0.481 e. The van der Waals surface area contributed by atoms with Gasteiger partial charge < -0.3 is 14.8 Å². The lowest BCUT2D eigenvalue weighted by Gasteiger charge is -2.22. The number of aliphatic carboxylic acids is 1. The molecule has 0 saturated heterocycles. The van der Waals surface area contributed by atoms with Crippen molar-refractivity contribution in [3.63, 3.8) is 0 Å². The molecule has 1 aliphatic carbocycles. The lowest BCUT2D eigenvalue weighted by Crippen LogP contribution is -2.30. The second-order valence-corrected chi connectivity index (χ2v) is 4.21. The number of aryl methyl sites for hydroxylation is 1. The predicted octanol–water partition coefficient (Wildman–Crippen LogP) is 1.64. The summed E-state index contributed by atoms with van der Waals surface area (Å²) in [7, 11) is 0. The second kappa shape index (κ2) is 5.03. The third-order valence-corrected chi connectivity index (χ3v) is 2.95. The molecule has 0 bridgehead atoms. The van der Waals surface area contributed by atoms with E-state index in [-0.39, 0.29) is 24.8 Å². The number of fused-ring (bicyclic) bond motifs is 1. The number of carboxylic acid groups (broad SMARTS) is 1. The molecule has 2 rings (SSSR count). The zero-order valence-corrected chi connectivity index (χ0v) is 9.44. The predicted molar refractivity (Wildman–Crippen MR) is 59.4 cm³/mol. The maximum Gasteiger partial charge on any atom is 0.303 e. The van der Waals surface area contributed by atoms with Gasteiger partial charge in [-0.15, -0.1) is 0 Å². The van der Waals surface area contributed by atoms with E-state index >= 15 is 0 Å². The molecule has 0 aliphatic heterocycles. The van der Waals surface area contributed by atoms with Crippen molar-refractivity contribution < 1.29 is 19.1 Å². The summed E-state index contributed by atoms with van der Waals surface area (Å²) in [5, 5.41) is 11.4. The molecule has 5 heteroatoms. The van der Waals surface area contributed by atoms with Gasteiger partial charge in [0.1, 0.15) is 5.76 Å². The van der Waals surface area contributed by atoms with Gasteiger partial charge in [0.25, 0.3) is 0 Å². The summed E-state index contributed by atoms with van der Waals surface area (Å²) in [5.41, 5.74) is 1.03. The van der Waals surface area contributed by atoms with Crippen molar-refractivity contribution >= 4 is 11.9 Å². The molecule has 5 nitrogen and oxygen atoms in total. The summed E-state index contributed by atoms with van der Waals surface area (Å²) < 4.78 is 5.32. The molecule has 0 fully saturated rings. The zero-order chi connectivity index (χ0) is 12.3. The Balaban J connectivity index is 1.92. The number of carbonyl (C=O) groups excluding carboxylic acids is 1. The standard InChI is InChI=1S/C12H15NO4/c14-11(4-5-12(15)16)13-9-2-1-3-10-8(9)6-7-17-10/h6-7,9H,1-5H2,(H,13,14)(H,15,16)/t9-/m1/s1. The van der Waals surface area contributed by atoms with Crippen LogP contribution in [0.2, 0.25) is 0 Å². The molecule has 0 saturated carbocycles. The van der Waals surface area contributed by atoms with E-state index in [0.29, 0.717) is 0 Å². The molecule has 1 aliphatic rings. The fourth-order valence-corrected chi connectivity index (χ4v) is 2.12. The topological polar surface area (TPSA) is 79.5 Å². The Kier molecular flexibility index (Phi) is 3.46. The summed E-state index contributed by atoms with van der Waals surface area (Å²) in [6.07, 6.45) is 4.29. The number of amides is 1. The molecule has 0 spiro atoms. The fraction of sp³-hybridized carbons (Fsp3) is 0.500. The maximum atomic E-state index is 11.5. The number of hydrogen-bond donors (Lipinski definition) is 2. The number of rotatable bonds is 4. The molecular formula is C12H15NO4. The quantitative estimate of drug-likeness (QED) is 0.834. The largest absolute Gasteiger partial charge is 0.481 e. The Morgan fingerprint density at radius 3 is 3.06 bits per heavy atom. The summed E-state index contributed by atoms with van der Waals surface area (Å²) in [6, 6.07) is 1.84. The van der Waals surface area contributed by atoms with Crippen LogP contribution in [0.3, 0.4) is 0 Å². The van der Waals surface area contributed by atoms with E-state index in [9.17, 15) is 9.59 Å². The Morgan fingerprint density at radius 2 is 2.29 bits per heavy atom. The van der Waals surface area contributed by atoms with E-state index in [1.165, 1.54) is 0 Å². The molecule has 1 amide bonds. The van der Waals surface area contributed by atoms with Gasteiger partial charge in [-0.2, -0.15) is 0 Å². The molecule has 1 aromatic heterocycles. The van der Waals surface area contributed by atoms with Crippen LogP contribution in [-0.2, 0) is 16.0 Å². The van der Waals surface area contributed by atoms with Gasteiger partial charge in [0.15, 0.2) is 0 Å². The van der Waals surface area contributed by atoms with Gasteiger partial charge in [-0.05, 0) is 18.9 Å². The average molecular weight is 237 g/mol. The first-order chi connectivity index (χ1) is 8.16. The second-order valence-electron chi connectivity index (χ2n) is 4.21. The Hall–Kier alpha value is -1.78. The van der Waals surface area contributed by atoms with Crippen LogP contribution in [0.1, 0.15) is 43.0 Å². The lowest BCUT2D eigenvalue weighted by atomic mass is 9.93. The Bertz CT molecular complexity index is 424. The van der Waals surface area contributed by atoms with E-state index in [0.717, 1.165) is 30.6 Å². The Morgan fingerprint density at radius 1 is 1.47 bits per heavy atom. The summed E-state index contributed by atoms with van der Waals surface area (Å²) in [5.74, 6) is -0.237. The Labute approximate surface area is 98.8 Å². The van der Waals surface area contributed by atoms with Gasteiger partial charge in [-0.3, -0.25) is 9.59 Å². The lowest BCUT2D eigenvalue weighted by molar-refractivity contribution is -0.138. The van der Waals surface area contributed by atoms with Gasteiger partial charge in [0, 0.05) is 18.4 Å². The first-order valence-electron chi connectivity index (χ1n) is 5.74. The van der Waals surface area contributed by atoms with Crippen LogP contribution >= 0.6 is 0 Å². The molecule has 92 valence electrons. The monoisotopic (exact) mass is 237 g/mol. The molecule has 2 N–H and O–H groups in total. The average Bonchev–Trinajstić information content (AvgIpc) is 2.75. The molecule has 0 aromatic carbocycles. The molecule has 1 atom stereocenters. The molecular weight excluding hydrogens is 222 g/mol. The summed E-state index contributed by atoms with van der Waals surface area (Å²) in [6.45, 7) is 0. The van der Waals surface area contributed by atoms with Crippen LogP contribution < -0.4 is 5.32 Å². The normalized spacial score (nSPS) is 18.5. The van der Waals surface area contributed by atoms with E-state index in [2.05, 4.69) is 5.32 Å². The van der Waals surface area contributed by atoms with Gasteiger partial charge in [-0.25, -0.2) is 0 Å². The van der Waals surface area contributed by atoms with Crippen LogP contribution in [0.4, 0.5) is 0 Å². The van der Waals surface area contributed by atoms with E-state index in [1.54, 1.807) is 6.26 Å². The van der Waals surface area contributed by atoms with Crippen molar-refractivity contribution in [2.75, 3.05) is 0 Å². The first-order valence-corrected chi connectivity index (χ1v) is 5.74. The first kappa shape index (κ1) is 11.7. The summed E-state index contributed by atoms with van der Waals surface area (Å²) >= 11 is 0. The van der Waals surface area contributed by atoms with Crippen molar-refractivity contribution in [3.8, 4) is 0 Å². The molecule has 1 heterocycles. The van der Waals surface area contributed by atoms with Crippen molar-refractivity contribution in [2.45, 2.75) is 38.1 Å². The van der Waals surface area contributed by atoms with Crippen molar-refractivity contribution in [3.05, 3.63) is 23.7 Å². The van der Waals surface area contributed by atoms with Gasteiger partial charge in [0.05, 0.1) is 18.7 Å². The highest BCUT2D eigenvalue weighted by Gasteiger charge is 2.23. The smallest absolute Gasteiger partial charge is 0.303 e. The number of nitrogens with one attached hydrogen (secondary N) is 1. The van der Waals surface area contributed by atoms with Crippen molar-refractivity contribution in [1.82, 2.24) is 5.32 Å². The van der Waals surface area contributed by atoms with Crippen molar-refractivity contribution in [1.29, 1.82) is 0 Å². The number of hydrogen-bond acceptors (Lipinski definition) is 3.